The summed E-state index contributed by atoms with van der Waals surface area (Å²) in [6.45, 7) is 0.375. The first-order valence-electron chi connectivity index (χ1n) is 10.2. The normalized spacial score (nSPS) is 12.8. The fourth-order valence-electron chi connectivity index (χ4n) is 3.76. The fraction of sp³-hybridized carbons (Fsp3) is 0.0800. The average Bonchev–Trinajstić information content (AvgIpc) is 2.91. The van der Waals surface area contributed by atoms with Crippen molar-refractivity contribution in [3.8, 4) is 0 Å². The van der Waals surface area contributed by atoms with E-state index in [4.69, 9.17) is 16.6 Å². The number of carbonyl (C=O) groups is 1. The number of anilines is 5. The van der Waals surface area contributed by atoms with E-state index in [9.17, 15) is 4.79 Å². The number of para-hydroxylation sites is 2. The highest BCUT2D eigenvalue weighted by Crippen LogP contribution is 2.39. The number of benzene rings is 3. The van der Waals surface area contributed by atoms with E-state index in [1.54, 1.807) is 11.1 Å². The largest absolute Gasteiger partial charge is 0.327 e. The topological polar surface area (TPSA) is 61.4 Å². The minimum absolute atomic E-state index is 0.103. The smallest absolute Gasteiger partial charge is 0.260 e. The van der Waals surface area contributed by atoms with Gasteiger partial charge in [0, 0.05) is 17.8 Å². The molecular weight excluding hydrogens is 422 g/mol. The van der Waals surface area contributed by atoms with Gasteiger partial charge in [0.25, 0.3) is 5.91 Å². The van der Waals surface area contributed by atoms with Crippen LogP contribution in [0.15, 0.2) is 85.1 Å². The second-order valence-corrected chi connectivity index (χ2v) is 7.92. The van der Waals surface area contributed by atoms with Gasteiger partial charge in [-0.1, -0.05) is 54.1 Å². The first kappa shape index (κ1) is 20.0. The molecule has 0 spiro atoms. The molecule has 0 fully saturated rings. The number of aromatic nitrogens is 2. The van der Waals surface area contributed by atoms with E-state index >= 15 is 0 Å². The molecule has 0 unspecified atom stereocenters. The van der Waals surface area contributed by atoms with Gasteiger partial charge < -0.3 is 10.2 Å². The monoisotopic (exact) mass is 441 g/mol. The van der Waals surface area contributed by atoms with Crippen LogP contribution in [0.1, 0.15) is 15.9 Å². The van der Waals surface area contributed by atoms with E-state index in [1.165, 1.54) is 0 Å². The van der Waals surface area contributed by atoms with E-state index in [1.807, 2.05) is 90.8 Å². The molecule has 2 heterocycles. The minimum Gasteiger partial charge on any atom is -0.327 e. The SMILES string of the molecule is CN1c2ccccc2C(=O)N(Cc2ccc(Cl)cc2)c2cnc(Nc3ccccc3)nc21. The second kappa shape index (κ2) is 8.32. The van der Waals surface area contributed by atoms with Crippen LogP contribution in [-0.2, 0) is 6.54 Å². The highest BCUT2D eigenvalue weighted by atomic mass is 35.5. The molecule has 1 aliphatic heterocycles. The van der Waals surface area contributed by atoms with Gasteiger partial charge in [-0.3, -0.25) is 9.69 Å². The average molecular weight is 442 g/mol. The Morgan fingerprint density at radius 2 is 1.62 bits per heavy atom. The minimum atomic E-state index is -0.103. The number of hydrogen-bond acceptors (Lipinski definition) is 5. The van der Waals surface area contributed by atoms with Crippen molar-refractivity contribution >= 4 is 46.3 Å². The number of amides is 1. The molecule has 0 bridgehead atoms. The number of nitrogens with zero attached hydrogens (tertiary/aromatic N) is 4. The zero-order valence-electron chi connectivity index (χ0n) is 17.4. The Bertz CT molecular complexity index is 1280. The lowest BCUT2D eigenvalue weighted by atomic mass is 10.1. The molecule has 1 amide bonds. The van der Waals surface area contributed by atoms with Crippen molar-refractivity contribution < 1.29 is 4.79 Å². The first-order chi connectivity index (χ1) is 15.6. The van der Waals surface area contributed by atoms with Crippen LogP contribution in [0.3, 0.4) is 0 Å². The third kappa shape index (κ3) is 3.76. The molecule has 158 valence electrons. The van der Waals surface area contributed by atoms with Gasteiger partial charge in [-0.15, -0.1) is 0 Å². The zero-order valence-corrected chi connectivity index (χ0v) is 18.1. The van der Waals surface area contributed by atoms with Crippen molar-refractivity contribution in [2.45, 2.75) is 6.54 Å². The van der Waals surface area contributed by atoms with Crippen LogP contribution in [0.2, 0.25) is 5.02 Å². The number of nitrogens with one attached hydrogen (secondary N) is 1. The predicted octanol–water partition coefficient (Wildman–Crippen LogP) is 5.80. The zero-order chi connectivity index (χ0) is 22.1. The van der Waals surface area contributed by atoms with Crippen LogP contribution in [0.5, 0.6) is 0 Å². The summed E-state index contributed by atoms with van der Waals surface area (Å²) in [7, 11) is 1.91. The van der Waals surface area contributed by atoms with Gasteiger partial charge in [0.05, 0.1) is 24.0 Å². The van der Waals surface area contributed by atoms with E-state index in [0.717, 1.165) is 16.9 Å². The van der Waals surface area contributed by atoms with Gasteiger partial charge in [-0.25, -0.2) is 4.98 Å². The summed E-state index contributed by atoms with van der Waals surface area (Å²) < 4.78 is 0. The summed E-state index contributed by atoms with van der Waals surface area (Å²) in [5.74, 6) is 0.999. The second-order valence-electron chi connectivity index (χ2n) is 7.49. The number of halogens is 1. The summed E-state index contributed by atoms with van der Waals surface area (Å²) in [5, 5.41) is 3.89. The van der Waals surface area contributed by atoms with Crippen molar-refractivity contribution in [1.29, 1.82) is 0 Å². The maximum Gasteiger partial charge on any atom is 0.260 e. The van der Waals surface area contributed by atoms with Gasteiger partial charge in [-0.05, 0) is 42.0 Å². The van der Waals surface area contributed by atoms with E-state index in [2.05, 4.69) is 10.3 Å². The molecule has 0 radical (unpaired) electrons. The summed E-state index contributed by atoms with van der Waals surface area (Å²) in [5.41, 5.74) is 3.89. The Hall–Kier alpha value is -3.90. The Balaban J connectivity index is 1.61. The maximum atomic E-state index is 13.6. The van der Waals surface area contributed by atoms with Gasteiger partial charge in [0.2, 0.25) is 5.95 Å². The van der Waals surface area contributed by atoms with Crippen molar-refractivity contribution in [3.63, 3.8) is 0 Å². The molecular formula is C25H20ClN5O. The lowest BCUT2D eigenvalue weighted by Crippen LogP contribution is -2.30. The molecule has 4 aromatic rings. The Kier molecular flexibility index (Phi) is 5.21. The molecule has 32 heavy (non-hydrogen) atoms. The van der Waals surface area contributed by atoms with Crippen LogP contribution < -0.4 is 15.1 Å². The van der Waals surface area contributed by atoms with Crippen LogP contribution in [0.25, 0.3) is 0 Å². The number of fused-ring (bicyclic) bond motifs is 2. The fourth-order valence-corrected chi connectivity index (χ4v) is 3.89. The highest BCUT2D eigenvalue weighted by Gasteiger charge is 2.31. The van der Waals surface area contributed by atoms with Gasteiger partial charge >= 0.3 is 0 Å². The molecule has 1 aliphatic rings. The summed E-state index contributed by atoms with van der Waals surface area (Å²) in [6.07, 6.45) is 1.70. The van der Waals surface area contributed by atoms with Crippen molar-refractivity contribution in [2.75, 3.05) is 22.2 Å². The molecule has 0 saturated heterocycles. The number of hydrogen-bond donors (Lipinski definition) is 1. The lowest BCUT2D eigenvalue weighted by molar-refractivity contribution is 0.0986. The van der Waals surface area contributed by atoms with E-state index < -0.39 is 0 Å². The van der Waals surface area contributed by atoms with Crippen molar-refractivity contribution in [3.05, 3.63) is 101 Å². The molecule has 7 heteroatoms. The van der Waals surface area contributed by atoms with E-state index in [-0.39, 0.29) is 5.91 Å². The standard InChI is InChI=1S/C25H20ClN5O/c1-30-21-10-6-5-9-20(21)24(32)31(16-17-11-13-18(26)14-12-17)22-15-27-25(29-23(22)30)28-19-7-3-2-4-8-19/h2-15H,16H2,1H3,(H,27,28,29). The van der Waals surface area contributed by atoms with Crippen LogP contribution in [0, 0.1) is 0 Å². The molecule has 3 aromatic carbocycles. The molecule has 0 atom stereocenters. The third-order valence-electron chi connectivity index (χ3n) is 5.38. The van der Waals surface area contributed by atoms with Crippen LogP contribution in [0.4, 0.5) is 28.8 Å². The Morgan fingerprint density at radius 1 is 0.906 bits per heavy atom. The predicted molar refractivity (Wildman–Crippen MR) is 128 cm³/mol. The summed E-state index contributed by atoms with van der Waals surface area (Å²) in [4.78, 5) is 26.5. The van der Waals surface area contributed by atoms with E-state index in [0.29, 0.717) is 34.6 Å². The summed E-state index contributed by atoms with van der Waals surface area (Å²) in [6, 6.07) is 24.8. The van der Waals surface area contributed by atoms with Crippen LogP contribution in [-0.4, -0.2) is 22.9 Å². The number of carbonyl (C=O) groups excluding carboxylic acids is 1. The first-order valence-corrected chi connectivity index (χ1v) is 10.6. The van der Waals surface area contributed by atoms with Gasteiger partial charge in [0.1, 0.15) is 5.69 Å². The van der Waals surface area contributed by atoms with Gasteiger partial charge in [0.15, 0.2) is 5.82 Å². The Labute approximate surface area is 191 Å². The Morgan fingerprint density at radius 3 is 2.41 bits per heavy atom. The highest BCUT2D eigenvalue weighted by molar-refractivity contribution is 6.30. The quantitative estimate of drug-likeness (QED) is 0.433. The lowest BCUT2D eigenvalue weighted by Gasteiger charge is -2.24. The van der Waals surface area contributed by atoms with Crippen molar-refractivity contribution in [2.24, 2.45) is 0 Å². The molecule has 0 aliphatic carbocycles. The molecule has 6 nitrogen and oxygen atoms in total. The van der Waals surface area contributed by atoms with Crippen LogP contribution >= 0.6 is 11.6 Å². The van der Waals surface area contributed by atoms with Crippen molar-refractivity contribution in [1.82, 2.24) is 9.97 Å². The summed E-state index contributed by atoms with van der Waals surface area (Å²) >= 11 is 6.05. The molecule has 5 rings (SSSR count). The molecule has 1 aromatic heterocycles. The molecule has 1 N–H and O–H groups in total. The third-order valence-corrected chi connectivity index (χ3v) is 5.64. The van der Waals surface area contributed by atoms with Gasteiger partial charge in [-0.2, -0.15) is 4.98 Å². The molecule has 0 saturated carbocycles. The number of rotatable bonds is 4. The maximum absolute atomic E-state index is 13.6.